The lowest BCUT2D eigenvalue weighted by Crippen LogP contribution is -2.13. The van der Waals surface area contributed by atoms with E-state index in [1.165, 1.54) is 6.92 Å². The van der Waals surface area contributed by atoms with Crippen molar-refractivity contribution < 1.29 is 14.6 Å². The average Bonchev–Trinajstić information content (AvgIpc) is 2.39. The molecule has 0 saturated carbocycles. The minimum atomic E-state index is -0.949. The van der Waals surface area contributed by atoms with Crippen LogP contribution >= 0.6 is 0 Å². The number of aliphatic hydroxyl groups excluding tert-OH is 1. The third-order valence-electron chi connectivity index (χ3n) is 2.47. The van der Waals surface area contributed by atoms with Gasteiger partial charge in [-0.25, -0.2) is 0 Å². The second-order valence-corrected chi connectivity index (χ2v) is 3.91. The Morgan fingerprint density at radius 2 is 1.67 bits per heavy atom. The van der Waals surface area contributed by atoms with E-state index in [9.17, 15) is 9.90 Å². The van der Waals surface area contributed by atoms with Crippen LogP contribution in [-0.4, -0.2) is 17.2 Å². The lowest BCUT2D eigenvalue weighted by atomic mass is 10.0. The van der Waals surface area contributed by atoms with Gasteiger partial charge < -0.3 is 9.84 Å². The molecular formula is C15H14O3. The summed E-state index contributed by atoms with van der Waals surface area (Å²) >= 11 is 0. The normalized spacial score (nSPS) is 11.9. The first-order chi connectivity index (χ1) is 8.68. The molecule has 1 unspecified atom stereocenters. The molecule has 0 spiro atoms. The number of ketones is 1. The maximum atomic E-state index is 12.3. The zero-order chi connectivity index (χ0) is 13.0. The maximum absolute atomic E-state index is 12.3. The van der Waals surface area contributed by atoms with E-state index in [0.29, 0.717) is 16.9 Å². The molecule has 0 aromatic heterocycles. The number of carbonyl (C=O) groups excluding carboxylic acids is 1. The molecule has 0 aliphatic heterocycles. The van der Waals surface area contributed by atoms with Crippen molar-refractivity contribution in [3.63, 3.8) is 0 Å². The van der Waals surface area contributed by atoms with E-state index in [0.717, 1.165) is 0 Å². The van der Waals surface area contributed by atoms with Gasteiger partial charge in [0.1, 0.15) is 5.75 Å². The van der Waals surface area contributed by atoms with Gasteiger partial charge in [-0.15, -0.1) is 0 Å². The lowest BCUT2D eigenvalue weighted by molar-refractivity contribution is -0.000716. The van der Waals surface area contributed by atoms with Gasteiger partial charge in [0.25, 0.3) is 0 Å². The smallest absolute Gasteiger partial charge is 0.196 e. The summed E-state index contributed by atoms with van der Waals surface area (Å²) in [5.74, 6) is 0.271. The number of rotatable bonds is 4. The van der Waals surface area contributed by atoms with Crippen LogP contribution in [0.3, 0.4) is 0 Å². The van der Waals surface area contributed by atoms with E-state index in [2.05, 4.69) is 0 Å². The highest BCUT2D eigenvalue weighted by molar-refractivity contribution is 6.10. The summed E-state index contributed by atoms with van der Waals surface area (Å²) in [6.07, 6.45) is -0.949. The molecule has 1 atom stereocenters. The monoisotopic (exact) mass is 242 g/mol. The van der Waals surface area contributed by atoms with Crippen LogP contribution < -0.4 is 4.74 Å². The van der Waals surface area contributed by atoms with Gasteiger partial charge >= 0.3 is 0 Å². The quantitative estimate of drug-likeness (QED) is 0.662. The number of hydrogen-bond acceptors (Lipinski definition) is 3. The SMILES string of the molecule is CC(O)Oc1ccccc1C(=O)c1ccccc1. The zero-order valence-corrected chi connectivity index (χ0v) is 10.0. The molecule has 2 rings (SSSR count). The van der Waals surface area contributed by atoms with Gasteiger partial charge in [0.2, 0.25) is 0 Å². The van der Waals surface area contributed by atoms with Gasteiger partial charge in [-0.1, -0.05) is 42.5 Å². The van der Waals surface area contributed by atoms with E-state index < -0.39 is 6.29 Å². The summed E-state index contributed by atoms with van der Waals surface area (Å²) in [5, 5.41) is 9.25. The molecule has 1 N–H and O–H groups in total. The average molecular weight is 242 g/mol. The van der Waals surface area contributed by atoms with Crippen LogP contribution in [-0.2, 0) is 0 Å². The largest absolute Gasteiger partial charge is 0.465 e. The van der Waals surface area contributed by atoms with E-state index in [-0.39, 0.29) is 5.78 Å². The van der Waals surface area contributed by atoms with Crippen molar-refractivity contribution in [3.05, 3.63) is 65.7 Å². The Hall–Kier alpha value is -2.13. The molecule has 3 heteroatoms. The van der Waals surface area contributed by atoms with E-state index >= 15 is 0 Å². The highest BCUT2D eigenvalue weighted by atomic mass is 16.6. The summed E-state index contributed by atoms with van der Waals surface area (Å²) in [4.78, 5) is 12.3. The summed E-state index contributed by atoms with van der Waals surface area (Å²) < 4.78 is 5.22. The molecule has 0 aliphatic rings. The van der Waals surface area contributed by atoms with Crippen LogP contribution in [0.25, 0.3) is 0 Å². The molecule has 0 radical (unpaired) electrons. The van der Waals surface area contributed by atoms with E-state index in [1.54, 1.807) is 36.4 Å². The molecule has 2 aromatic rings. The second-order valence-electron chi connectivity index (χ2n) is 3.91. The Balaban J connectivity index is 2.36. The topological polar surface area (TPSA) is 46.5 Å². The van der Waals surface area contributed by atoms with E-state index in [1.807, 2.05) is 18.2 Å². The molecule has 0 aliphatic carbocycles. The highest BCUT2D eigenvalue weighted by Crippen LogP contribution is 2.22. The molecule has 0 fully saturated rings. The number of carbonyl (C=O) groups is 1. The van der Waals surface area contributed by atoms with Crippen LogP contribution in [0.2, 0.25) is 0 Å². The summed E-state index contributed by atoms with van der Waals surface area (Å²) in [7, 11) is 0. The number of para-hydroxylation sites is 1. The molecule has 92 valence electrons. The van der Waals surface area contributed by atoms with Gasteiger partial charge in [-0.2, -0.15) is 0 Å². The van der Waals surface area contributed by atoms with Gasteiger partial charge in [0, 0.05) is 5.56 Å². The molecule has 0 amide bonds. The Morgan fingerprint density at radius 1 is 1.06 bits per heavy atom. The number of benzene rings is 2. The minimum Gasteiger partial charge on any atom is -0.465 e. The van der Waals surface area contributed by atoms with Crippen molar-refractivity contribution in [2.75, 3.05) is 0 Å². The predicted molar refractivity (Wildman–Crippen MR) is 68.6 cm³/mol. The Labute approximate surface area is 106 Å². The molecule has 0 saturated heterocycles. The fraction of sp³-hybridized carbons (Fsp3) is 0.133. The van der Waals surface area contributed by atoms with Gasteiger partial charge in [0.05, 0.1) is 5.56 Å². The van der Waals surface area contributed by atoms with Crippen LogP contribution in [0.1, 0.15) is 22.8 Å². The fourth-order valence-corrected chi connectivity index (χ4v) is 1.69. The van der Waals surface area contributed by atoms with Gasteiger partial charge in [-0.05, 0) is 19.1 Å². The molecular weight excluding hydrogens is 228 g/mol. The van der Waals surface area contributed by atoms with Crippen molar-refractivity contribution in [3.8, 4) is 5.75 Å². The Bertz CT molecular complexity index is 532. The van der Waals surface area contributed by atoms with Crippen LogP contribution in [0, 0.1) is 0 Å². The summed E-state index contributed by atoms with van der Waals surface area (Å²) in [6, 6.07) is 15.9. The molecule has 0 heterocycles. The second kappa shape index (κ2) is 5.47. The first-order valence-electron chi connectivity index (χ1n) is 5.72. The van der Waals surface area contributed by atoms with Crippen LogP contribution in [0.15, 0.2) is 54.6 Å². The molecule has 0 bridgehead atoms. The minimum absolute atomic E-state index is 0.119. The molecule has 2 aromatic carbocycles. The zero-order valence-electron chi connectivity index (χ0n) is 10.0. The Kier molecular flexibility index (Phi) is 3.75. The number of hydrogen-bond donors (Lipinski definition) is 1. The number of ether oxygens (including phenoxy) is 1. The van der Waals surface area contributed by atoms with Crippen molar-refractivity contribution in [2.24, 2.45) is 0 Å². The fourth-order valence-electron chi connectivity index (χ4n) is 1.69. The Morgan fingerprint density at radius 3 is 2.33 bits per heavy atom. The third-order valence-corrected chi connectivity index (χ3v) is 2.47. The van der Waals surface area contributed by atoms with Crippen molar-refractivity contribution in [2.45, 2.75) is 13.2 Å². The third kappa shape index (κ3) is 2.76. The van der Waals surface area contributed by atoms with Gasteiger partial charge in [0.15, 0.2) is 12.1 Å². The van der Waals surface area contributed by atoms with E-state index in [4.69, 9.17) is 4.74 Å². The number of aliphatic hydroxyl groups is 1. The molecule has 3 nitrogen and oxygen atoms in total. The summed E-state index contributed by atoms with van der Waals surface area (Å²) in [6.45, 7) is 1.50. The lowest BCUT2D eigenvalue weighted by Gasteiger charge is -2.12. The van der Waals surface area contributed by atoms with Crippen molar-refractivity contribution in [1.29, 1.82) is 0 Å². The predicted octanol–water partition coefficient (Wildman–Crippen LogP) is 2.63. The summed E-state index contributed by atoms with van der Waals surface area (Å²) in [5.41, 5.74) is 1.05. The maximum Gasteiger partial charge on any atom is 0.196 e. The first-order valence-corrected chi connectivity index (χ1v) is 5.72. The van der Waals surface area contributed by atoms with Crippen LogP contribution in [0.4, 0.5) is 0 Å². The van der Waals surface area contributed by atoms with Crippen LogP contribution in [0.5, 0.6) is 5.75 Å². The highest BCUT2D eigenvalue weighted by Gasteiger charge is 2.14. The molecule has 18 heavy (non-hydrogen) atoms. The van der Waals surface area contributed by atoms with Gasteiger partial charge in [-0.3, -0.25) is 4.79 Å². The van der Waals surface area contributed by atoms with Crippen molar-refractivity contribution in [1.82, 2.24) is 0 Å². The standard InChI is InChI=1S/C15H14O3/c1-11(16)18-14-10-6-5-9-13(14)15(17)12-7-3-2-4-8-12/h2-11,16H,1H3. The van der Waals surface area contributed by atoms with Crippen molar-refractivity contribution >= 4 is 5.78 Å². The first kappa shape index (κ1) is 12.3.